The van der Waals surface area contributed by atoms with Crippen LogP contribution < -0.4 is 14.5 Å². The van der Waals surface area contributed by atoms with Gasteiger partial charge in [-0.15, -0.1) is 11.3 Å². The van der Waals surface area contributed by atoms with Crippen molar-refractivity contribution in [2.24, 2.45) is 0 Å². The first-order chi connectivity index (χ1) is 13.7. The van der Waals surface area contributed by atoms with Crippen LogP contribution in [0.5, 0.6) is 0 Å². The van der Waals surface area contributed by atoms with E-state index in [1.54, 1.807) is 41.8 Å². The molecular formula is C20H20ClN3O3S2. The van der Waals surface area contributed by atoms with Crippen LogP contribution in [0.2, 0.25) is 5.02 Å². The summed E-state index contributed by atoms with van der Waals surface area (Å²) in [6.07, 6.45) is 0. The average molecular weight is 450 g/mol. The molecule has 2 aromatic carbocycles. The summed E-state index contributed by atoms with van der Waals surface area (Å²) in [5.41, 5.74) is 2.03. The number of carbonyl (C=O) groups excluding carboxylic acids is 1. The number of thiophene rings is 1. The number of hydrogen-bond donors (Lipinski definition) is 1. The molecule has 0 aliphatic heterocycles. The van der Waals surface area contributed by atoms with Crippen LogP contribution in [-0.4, -0.2) is 35.5 Å². The van der Waals surface area contributed by atoms with Gasteiger partial charge in [0.15, 0.2) is 0 Å². The molecule has 3 aromatic rings. The van der Waals surface area contributed by atoms with Crippen molar-refractivity contribution in [2.45, 2.75) is 4.90 Å². The zero-order chi connectivity index (χ0) is 21.2. The molecule has 0 radical (unpaired) electrons. The number of sulfonamides is 1. The molecule has 29 heavy (non-hydrogen) atoms. The number of amides is 1. The molecule has 0 fully saturated rings. The van der Waals surface area contributed by atoms with E-state index in [-0.39, 0.29) is 9.77 Å². The predicted molar refractivity (Wildman–Crippen MR) is 120 cm³/mol. The highest BCUT2D eigenvalue weighted by atomic mass is 35.5. The number of nitrogens with one attached hydrogen (secondary N) is 1. The van der Waals surface area contributed by atoms with Crippen molar-refractivity contribution in [1.82, 2.24) is 0 Å². The van der Waals surface area contributed by atoms with E-state index in [1.807, 2.05) is 31.1 Å². The summed E-state index contributed by atoms with van der Waals surface area (Å²) < 4.78 is 27.3. The monoisotopic (exact) mass is 449 g/mol. The lowest BCUT2D eigenvalue weighted by Crippen LogP contribution is -2.28. The molecule has 9 heteroatoms. The molecule has 1 N–H and O–H groups in total. The Hall–Kier alpha value is -2.55. The highest BCUT2D eigenvalue weighted by Gasteiger charge is 2.28. The zero-order valence-electron chi connectivity index (χ0n) is 16.1. The van der Waals surface area contributed by atoms with E-state index in [0.717, 1.165) is 21.3 Å². The number of benzene rings is 2. The second-order valence-electron chi connectivity index (χ2n) is 6.46. The van der Waals surface area contributed by atoms with E-state index in [2.05, 4.69) is 5.32 Å². The molecule has 0 aliphatic carbocycles. The van der Waals surface area contributed by atoms with E-state index >= 15 is 0 Å². The number of carbonyl (C=O) groups is 1. The van der Waals surface area contributed by atoms with Gasteiger partial charge in [-0.05, 0) is 60.0 Å². The van der Waals surface area contributed by atoms with E-state index in [4.69, 9.17) is 11.6 Å². The van der Waals surface area contributed by atoms with Crippen molar-refractivity contribution < 1.29 is 13.2 Å². The van der Waals surface area contributed by atoms with E-state index in [9.17, 15) is 13.2 Å². The van der Waals surface area contributed by atoms with Gasteiger partial charge in [0.25, 0.3) is 15.9 Å². The van der Waals surface area contributed by atoms with Crippen LogP contribution in [0.4, 0.5) is 17.1 Å². The summed E-state index contributed by atoms with van der Waals surface area (Å²) in [7, 11) is 1.38. The summed E-state index contributed by atoms with van der Waals surface area (Å²) in [4.78, 5) is 14.8. The van der Waals surface area contributed by atoms with Crippen molar-refractivity contribution in [3.05, 3.63) is 69.9 Å². The minimum atomic E-state index is -3.91. The van der Waals surface area contributed by atoms with E-state index < -0.39 is 15.9 Å². The zero-order valence-corrected chi connectivity index (χ0v) is 18.5. The molecular weight excluding hydrogens is 430 g/mol. The lowest BCUT2D eigenvalue weighted by Gasteiger charge is -2.19. The smallest absolute Gasteiger partial charge is 0.267 e. The lowest BCUT2D eigenvalue weighted by atomic mass is 10.2. The Labute approximate surface area is 179 Å². The van der Waals surface area contributed by atoms with Gasteiger partial charge >= 0.3 is 0 Å². The summed E-state index contributed by atoms with van der Waals surface area (Å²) in [5.74, 6) is -0.472. The standard InChI is InChI=1S/C20H20ClN3O3S2/c1-23(2)16-10-6-15(7-11-16)22-20(25)19-18(12-13-28-19)29(26,27)24(3)17-8-4-14(21)5-9-17/h4-13H,1-3H3,(H,22,25). The van der Waals surface area contributed by atoms with Crippen LogP contribution in [0.1, 0.15) is 9.67 Å². The van der Waals surface area contributed by atoms with Crippen LogP contribution in [0.3, 0.4) is 0 Å². The summed E-state index contributed by atoms with van der Waals surface area (Å²) in [5, 5.41) is 4.86. The fraction of sp³-hybridized carbons (Fsp3) is 0.150. The van der Waals surface area contributed by atoms with Gasteiger partial charge in [0, 0.05) is 37.5 Å². The molecule has 0 aliphatic rings. The van der Waals surface area contributed by atoms with Crippen molar-refractivity contribution in [3.63, 3.8) is 0 Å². The van der Waals surface area contributed by atoms with Gasteiger partial charge < -0.3 is 10.2 Å². The molecule has 0 unspecified atom stereocenters. The van der Waals surface area contributed by atoms with Gasteiger partial charge in [-0.2, -0.15) is 0 Å². The highest BCUT2D eigenvalue weighted by molar-refractivity contribution is 7.93. The highest BCUT2D eigenvalue weighted by Crippen LogP contribution is 2.29. The maximum absolute atomic E-state index is 13.1. The molecule has 3 rings (SSSR count). The molecule has 1 aromatic heterocycles. The summed E-state index contributed by atoms with van der Waals surface area (Å²) in [6.45, 7) is 0. The quantitative estimate of drug-likeness (QED) is 0.599. The Bertz CT molecular complexity index is 1110. The number of anilines is 3. The van der Waals surface area contributed by atoms with Crippen LogP contribution in [0.15, 0.2) is 64.9 Å². The van der Waals surface area contributed by atoms with Gasteiger partial charge in [-0.1, -0.05) is 11.6 Å². The fourth-order valence-corrected chi connectivity index (χ4v) is 5.25. The maximum atomic E-state index is 13.1. The second-order valence-corrected chi connectivity index (χ2v) is 9.75. The molecule has 0 atom stereocenters. The van der Waals surface area contributed by atoms with Crippen molar-refractivity contribution >= 4 is 55.9 Å². The van der Waals surface area contributed by atoms with Crippen LogP contribution in [-0.2, 0) is 10.0 Å². The Morgan fingerprint density at radius 2 is 1.52 bits per heavy atom. The predicted octanol–water partition coefficient (Wildman–Crippen LogP) is 4.54. The molecule has 1 amide bonds. The van der Waals surface area contributed by atoms with Crippen LogP contribution in [0.25, 0.3) is 0 Å². The minimum absolute atomic E-state index is 0.0395. The molecule has 6 nitrogen and oxygen atoms in total. The largest absolute Gasteiger partial charge is 0.378 e. The van der Waals surface area contributed by atoms with Crippen LogP contribution >= 0.6 is 22.9 Å². The molecule has 152 valence electrons. The number of halogens is 1. The van der Waals surface area contributed by atoms with E-state index in [0.29, 0.717) is 16.4 Å². The number of rotatable bonds is 6. The number of nitrogens with zero attached hydrogens (tertiary/aromatic N) is 2. The topological polar surface area (TPSA) is 69.7 Å². The fourth-order valence-electron chi connectivity index (χ4n) is 2.63. The Morgan fingerprint density at radius 1 is 0.931 bits per heavy atom. The second kappa shape index (κ2) is 8.44. The minimum Gasteiger partial charge on any atom is -0.378 e. The molecule has 0 bridgehead atoms. The van der Waals surface area contributed by atoms with Gasteiger partial charge in [-0.3, -0.25) is 9.10 Å². The first-order valence-corrected chi connectivity index (χ1v) is 11.3. The molecule has 0 saturated heterocycles. The Kier molecular flexibility index (Phi) is 6.16. The Morgan fingerprint density at radius 3 is 2.10 bits per heavy atom. The van der Waals surface area contributed by atoms with Crippen molar-refractivity contribution in [1.29, 1.82) is 0 Å². The Balaban J connectivity index is 1.85. The maximum Gasteiger partial charge on any atom is 0.267 e. The average Bonchev–Trinajstić information content (AvgIpc) is 3.19. The summed E-state index contributed by atoms with van der Waals surface area (Å²) in [6, 6.07) is 15.2. The third kappa shape index (κ3) is 4.55. The van der Waals surface area contributed by atoms with Gasteiger partial charge in [-0.25, -0.2) is 8.42 Å². The number of hydrogen-bond acceptors (Lipinski definition) is 5. The SMILES string of the molecule is CN(C)c1ccc(NC(=O)c2sccc2S(=O)(=O)N(C)c2ccc(Cl)cc2)cc1. The summed E-state index contributed by atoms with van der Waals surface area (Å²) >= 11 is 6.96. The van der Waals surface area contributed by atoms with Crippen LogP contribution in [0, 0.1) is 0 Å². The van der Waals surface area contributed by atoms with Crippen molar-refractivity contribution in [3.8, 4) is 0 Å². The first kappa shape index (κ1) is 21.2. The molecule has 0 saturated carbocycles. The third-order valence-electron chi connectivity index (χ3n) is 4.31. The molecule has 1 heterocycles. The third-order valence-corrected chi connectivity index (χ3v) is 7.43. The van der Waals surface area contributed by atoms with Crippen molar-refractivity contribution in [2.75, 3.05) is 35.7 Å². The lowest BCUT2D eigenvalue weighted by molar-refractivity contribution is 0.102. The van der Waals surface area contributed by atoms with Gasteiger partial charge in [0.2, 0.25) is 0 Å². The first-order valence-electron chi connectivity index (χ1n) is 8.61. The molecule has 0 spiro atoms. The van der Waals surface area contributed by atoms with E-state index in [1.165, 1.54) is 13.1 Å². The van der Waals surface area contributed by atoms with Gasteiger partial charge in [0.05, 0.1) is 5.69 Å². The normalized spacial score (nSPS) is 11.2. The van der Waals surface area contributed by atoms with Gasteiger partial charge in [0.1, 0.15) is 9.77 Å².